The van der Waals surface area contributed by atoms with Gasteiger partial charge < -0.3 is 14.6 Å². The van der Waals surface area contributed by atoms with Crippen LogP contribution in [0.4, 0.5) is 8.78 Å². The Morgan fingerprint density at radius 3 is 1.39 bits per heavy atom. The Balaban J connectivity index is 0. The van der Waals surface area contributed by atoms with E-state index in [0.717, 1.165) is 0 Å². The maximum absolute atomic E-state index is 12.1. The Bertz CT molecular complexity index is 478. The fourth-order valence-corrected chi connectivity index (χ4v) is 1.79. The van der Waals surface area contributed by atoms with Gasteiger partial charge in [-0.1, -0.05) is 6.92 Å². The third-order valence-corrected chi connectivity index (χ3v) is 3.11. The number of rotatable bonds is 8. The highest BCUT2D eigenvalue weighted by atomic mass is 19.1. The van der Waals surface area contributed by atoms with Gasteiger partial charge in [-0.15, -0.1) is 0 Å². The van der Waals surface area contributed by atoms with E-state index in [0.29, 0.717) is 31.1 Å². The molecule has 0 saturated heterocycles. The SMILES string of the molecule is CC(C)(C)OC(=O)CCC(=CF)CO.CCC(=CF)CCC(=O)OC(C)(C)C. The van der Waals surface area contributed by atoms with Gasteiger partial charge in [-0.2, -0.15) is 0 Å². The van der Waals surface area contributed by atoms with Crippen LogP contribution in [0.1, 0.15) is 80.6 Å². The lowest BCUT2D eigenvalue weighted by Gasteiger charge is -2.19. The summed E-state index contributed by atoms with van der Waals surface area (Å²) in [5, 5.41) is 8.61. The number of hydrogen-bond donors (Lipinski definition) is 1. The van der Waals surface area contributed by atoms with Gasteiger partial charge in [0.15, 0.2) is 0 Å². The van der Waals surface area contributed by atoms with Crippen LogP contribution in [-0.4, -0.2) is 34.9 Å². The Kier molecular flexibility index (Phi) is 14.5. The Morgan fingerprint density at radius 2 is 1.14 bits per heavy atom. The summed E-state index contributed by atoms with van der Waals surface area (Å²) < 4.78 is 34.2. The molecule has 0 saturated carbocycles. The van der Waals surface area contributed by atoms with E-state index in [4.69, 9.17) is 14.6 Å². The predicted molar refractivity (Wildman–Crippen MR) is 106 cm³/mol. The molecule has 0 heterocycles. The van der Waals surface area contributed by atoms with Crippen LogP contribution in [0.15, 0.2) is 23.8 Å². The van der Waals surface area contributed by atoms with Crippen LogP contribution in [0.2, 0.25) is 0 Å². The standard InChI is InChI=1S/C11H19FO2.C10H17FO3/c1-5-9(8-12)6-7-10(13)14-11(2,3)4;1-10(2,3)14-9(13)5-4-8(6-11)7-12/h8H,5-7H2,1-4H3;6,12H,4-5,7H2,1-3H3. The number of aliphatic hydroxyl groups excluding tert-OH is 1. The molecule has 0 unspecified atom stereocenters. The molecule has 0 amide bonds. The molecule has 0 aromatic carbocycles. The number of halogens is 2. The van der Waals surface area contributed by atoms with E-state index in [-0.39, 0.29) is 43.4 Å². The zero-order valence-electron chi connectivity index (χ0n) is 18.2. The van der Waals surface area contributed by atoms with E-state index >= 15 is 0 Å². The zero-order chi connectivity index (χ0) is 22.4. The number of hydrogen-bond acceptors (Lipinski definition) is 5. The molecule has 28 heavy (non-hydrogen) atoms. The molecule has 0 aliphatic heterocycles. The fourth-order valence-electron chi connectivity index (χ4n) is 1.79. The highest BCUT2D eigenvalue weighted by Gasteiger charge is 2.16. The van der Waals surface area contributed by atoms with Crippen molar-refractivity contribution in [3.8, 4) is 0 Å². The summed E-state index contributed by atoms with van der Waals surface area (Å²) in [6, 6.07) is 0. The third-order valence-electron chi connectivity index (χ3n) is 3.11. The Hall–Kier alpha value is -1.76. The van der Waals surface area contributed by atoms with Crippen LogP contribution in [0.25, 0.3) is 0 Å². The number of carbonyl (C=O) groups is 2. The predicted octanol–water partition coefficient (Wildman–Crippen LogP) is 5.33. The van der Waals surface area contributed by atoms with Gasteiger partial charge in [0.25, 0.3) is 0 Å². The van der Waals surface area contributed by atoms with Gasteiger partial charge in [-0.05, 0) is 72.0 Å². The maximum atomic E-state index is 12.1. The van der Waals surface area contributed by atoms with Gasteiger partial charge in [0, 0.05) is 12.8 Å². The Labute approximate surface area is 167 Å². The monoisotopic (exact) mass is 406 g/mol. The summed E-state index contributed by atoms with van der Waals surface area (Å²) >= 11 is 0. The molecular formula is C21H36F2O5. The normalized spacial score (nSPS) is 12.8. The molecule has 7 heteroatoms. The highest BCUT2D eigenvalue weighted by Crippen LogP contribution is 2.14. The van der Waals surface area contributed by atoms with E-state index < -0.39 is 11.2 Å². The fraction of sp³-hybridized carbons (Fsp3) is 0.714. The first-order valence-electron chi connectivity index (χ1n) is 9.38. The van der Waals surface area contributed by atoms with E-state index in [9.17, 15) is 18.4 Å². The van der Waals surface area contributed by atoms with E-state index in [1.807, 2.05) is 27.7 Å². The average molecular weight is 407 g/mol. The van der Waals surface area contributed by atoms with E-state index in [1.165, 1.54) is 0 Å². The summed E-state index contributed by atoms with van der Waals surface area (Å²) in [6.45, 7) is 12.2. The highest BCUT2D eigenvalue weighted by molar-refractivity contribution is 5.70. The minimum absolute atomic E-state index is 0.0909. The van der Waals surface area contributed by atoms with Crippen molar-refractivity contribution < 1.29 is 33.0 Å². The molecule has 0 aliphatic rings. The minimum Gasteiger partial charge on any atom is -0.460 e. The lowest BCUT2D eigenvalue weighted by atomic mass is 10.1. The molecule has 164 valence electrons. The first-order valence-corrected chi connectivity index (χ1v) is 9.38. The minimum atomic E-state index is -0.518. The number of esters is 2. The van der Waals surface area contributed by atoms with Crippen molar-refractivity contribution in [2.24, 2.45) is 0 Å². The molecule has 0 fully saturated rings. The van der Waals surface area contributed by atoms with Gasteiger partial charge in [0.1, 0.15) is 11.2 Å². The lowest BCUT2D eigenvalue weighted by molar-refractivity contribution is -0.155. The molecule has 0 atom stereocenters. The van der Waals surface area contributed by atoms with Crippen molar-refractivity contribution in [2.45, 2.75) is 91.8 Å². The van der Waals surface area contributed by atoms with Gasteiger partial charge in [-0.25, -0.2) is 8.78 Å². The smallest absolute Gasteiger partial charge is 0.306 e. The van der Waals surface area contributed by atoms with Crippen molar-refractivity contribution >= 4 is 11.9 Å². The summed E-state index contributed by atoms with van der Waals surface area (Å²) in [5.41, 5.74) is -0.120. The van der Waals surface area contributed by atoms with Crippen molar-refractivity contribution in [2.75, 3.05) is 6.61 Å². The van der Waals surface area contributed by atoms with Crippen LogP contribution in [0, 0.1) is 0 Å². The van der Waals surface area contributed by atoms with Crippen molar-refractivity contribution in [3.63, 3.8) is 0 Å². The summed E-state index contributed by atoms with van der Waals surface area (Å²) in [5.74, 6) is -0.657. The van der Waals surface area contributed by atoms with Crippen LogP contribution >= 0.6 is 0 Å². The quantitative estimate of drug-likeness (QED) is 0.552. The summed E-state index contributed by atoms with van der Waals surface area (Å²) in [7, 11) is 0. The van der Waals surface area contributed by atoms with Gasteiger partial charge in [-0.3, -0.25) is 9.59 Å². The molecule has 0 aromatic heterocycles. The number of aliphatic hydroxyl groups is 1. The van der Waals surface area contributed by atoms with Crippen LogP contribution in [0.3, 0.4) is 0 Å². The Morgan fingerprint density at radius 1 is 0.786 bits per heavy atom. The largest absolute Gasteiger partial charge is 0.460 e. The second-order valence-electron chi connectivity index (χ2n) is 8.22. The van der Waals surface area contributed by atoms with Crippen molar-refractivity contribution in [1.29, 1.82) is 0 Å². The molecule has 0 radical (unpaired) electrons. The maximum Gasteiger partial charge on any atom is 0.306 e. The molecule has 0 bridgehead atoms. The molecule has 0 aromatic rings. The number of carbonyl (C=O) groups excluding carboxylic acids is 2. The van der Waals surface area contributed by atoms with Crippen LogP contribution in [0.5, 0.6) is 0 Å². The second-order valence-corrected chi connectivity index (χ2v) is 8.22. The zero-order valence-corrected chi connectivity index (χ0v) is 18.2. The number of allylic oxidation sites excluding steroid dienone is 1. The molecule has 1 N–H and O–H groups in total. The van der Waals surface area contributed by atoms with E-state index in [1.54, 1.807) is 20.8 Å². The molecule has 0 aliphatic carbocycles. The van der Waals surface area contributed by atoms with Crippen LogP contribution in [-0.2, 0) is 19.1 Å². The van der Waals surface area contributed by atoms with E-state index in [2.05, 4.69) is 0 Å². The van der Waals surface area contributed by atoms with Gasteiger partial charge in [0.2, 0.25) is 0 Å². The molecule has 0 rings (SSSR count). The molecular weight excluding hydrogens is 370 g/mol. The van der Waals surface area contributed by atoms with Crippen LogP contribution < -0.4 is 0 Å². The molecule has 0 spiro atoms. The summed E-state index contributed by atoms with van der Waals surface area (Å²) in [6.07, 6.45) is 2.52. The first kappa shape index (κ1) is 28.4. The lowest BCUT2D eigenvalue weighted by Crippen LogP contribution is -2.23. The second kappa shape index (κ2) is 14.3. The topological polar surface area (TPSA) is 72.8 Å². The van der Waals surface area contributed by atoms with Crippen molar-refractivity contribution in [3.05, 3.63) is 23.8 Å². The van der Waals surface area contributed by atoms with Gasteiger partial charge in [0.05, 0.1) is 19.3 Å². The third kappa shape index (κ3) is 19.0. The average Bonchev–Trinajstić information content (AvgIpc) is 2.54. The first-order chi connectivity index (χ1) is 12.8. The van der Waals surface area contributed by atoms with Gasteiger partial charge >= 0.3 is 11.9 Å². The van der Waals surface area contributed by atoms with Crippen molar-refractivity contribution in [1.82, 2.24) is 0 Å². The molecule has 5 nitrogen and oxygen atoms in total. The summed E-state index contributed by atoms with van der Waals surface area (Å²) in [4.78, 5) is 22.4. The number of ether oxygens (including phenoxy) is 2.